The van der Waals surface area contributed by atoms with Crippen LogP contribution in [0.1, 0.15) is 0 Å². The Morgan fingerprint density at radius 1 is 1.23 bits per heavy atom. The average Bonchev–Trinajstić information content (AvgIpc) is 2.76. The standard InChI is InChI=1S/C12H13N3O6S/c16-7-3-6(4-8(17)10(7)19)14-11(20)13-1-2-15-9(18)5-22-12(15)21/h3-4,16-17,19H,1-2,5H2,(H2,13,14,20). The third-order valence-corrected chi connectivity index (χ3v) is 3.65. The summed E-state index contributed by atoms with van der Waals surface area (Å²) in [7, 11) is 0. The molecule has 2 rings (SSSR count). The van der Waals surface area contributed by atoms with Crippen LogP contribution in [0.3, 0.4) is 0 Å². The molecule has 0 saturated carbocycles. The van der Waals surface area contributed by atoms with Crippen molar-refractivity contribution in [2.75, 3.05) is 24.2 Å². The molecule has 0 aromatic heterocycles. The number of nitrogens with one attached hydrogen (secondary N) is 2. The summed E-state index contributed by atoms with van der Waals surface area (Å²) in [5.41, 5.74) is 0.0641. The predicted molar refractivity (Wildman–Crippen MR) is 78.0 cm³/mol. The number of urea groups is 1. The van der Waals surface area contributed by atoms with E-state index in [0.29, 0.717) is 0 Å². The largest absolute Gasteiger partial charge is 0.504 e. The lowest BCUT2D eigenvalue weighted by Crippen LogP contribution is -2.39. The number of aromatic hydroxyl groups is 3. The van der Waals surface area contributed by atoms with Crippen LogP contribution in [0.15, 0.2) is 12.1 Å². The maximum absolute atomic E-state index is 11.6. The number of benzene rings is 1. The number of amides is 4. The molecule has 5 N–H and O–H groups in total. The van der Waals surface area contributed by atoms with Gasteiger partial charge in [-0.25, -0.2) is 4.79 Å². The Morgan fingerprint density at radius 3 is 2.41 bits per heavy atom. The van der Waals surface area contributed by atoms with Gasteiger partial charge < -0.3 is 26.0 Å². The van der Waals surface area contributed by atoms with Crippen molar-refractivity contribution in [1.29, 1.82) is 0 Å². The van der Waals surface area contributed by atoms with Gasteiger partial charge in [-0.1, -0.05) is 11.8 Å². The fraction of sp³-hybridized carbons (Fsp3) is 0.250. The van der Waals surface area contributed by atoms with Crippen LogP contribution < -0.4 is 10.6 Å². The summed E-state index contributed by atoms with van der Waals surface area (Å²) in [4.78, 5) is 35.3. The number of rotatable bonds is 4. The van der Waals surface area contributed by atoms with Gasteiger partial charge in [-0.2, -0.15) is 0 Å². The van der Waals surface area contributed by atoms with Crippen LogP contribution in [0.2, 0.25) is 0 Å². The molecule has 1 saturated heterocycles. The van der Waals surface area contributed by atoms with Gasteiger partial charge in [0.1, 0.15) is 0 Å². The molecule has 1 aliphatic rings. The Balaban J connectivity index is 1.83. The van der Waals surface area contributed by atoms with Gasteiger partial charge in [0.05, 0.1) is 11.4 Å². The second kappa shape index (κ2) is 6.43. The van der Waals surface area contributed by atoms with E-state index in [4.69, 9.17) is 0 Å². The summed E-state index contributed by atoms with van der Waals surface area (Å²) in [6.07, 6.45) is 0. The van der Waals surface area contributed by atoms with E-state index in [-0.39, 0.29) is 35.7 Å². The second-order valence-corrected chi connectivity index (χ2v) is 5.27. The maximum Gasteiger partial charge on any atom is 0.319 e. The van der Waals surface area contributed by atoms with Gasteiger partial charge in [0.15, 0.2) is 17.2 Å². The van der Waals surface area contributed by atoms with E-state index in [1.165, 1.54) is 0 Å². The van der Waals surface area contributed by atoms with E-state index in [9.17, 15) is 29.7 Å². The van der Waals surface area contributed by atoms with E-state index < -0.39 is 23.3 Å². The second-order valence-electron chi connectivity index (χ2n) is 4.34. The maximum atomic E-state index is 11.6. The topological polar surface area (TPSA) is 139 Å². The zero-order valence-corrected chi connectivity index (χ0v) is 12.0. The molecule has 9 nitrogen and oxygen atoms in total. The van der Waals surface area contributed by atoms with Crippen LogP contribution >= 0.6 is 11.8 Å². The molecule has 0 spiro atoms. The number of imide groups is 1. The van der Waals surface area contributed by atoms with Crippen molar-refractivity contribution < 1.29 is 29.7 Å². The van der Waals surface area contributed by atoms with Crippen molar-refractivity contribution >= 4 is 34.6 Å². The van der Waals surface area contributed by atoms with E-state index >= 15 is 0 Å². The summed E-state index contributed by atoms with van der Waals surface area (Å²) >= 11 is 0.909. The number of carbonyl (C=O) groups is 3. The Kier molecular flexibility index (Phi) is 4.61. The smallest absolute Gasteiger partial charge is 0.319 e. The van der Waals surface area contributed by atoms with E-state index in [1.54, 1.807) is 0 Å². The number of anilines is 1. The van der Waals surface area contributed by atoms with Crippen LogP contribution in [0.4, 0.5) is 15.3 Å². The molecule has 1 fully saturated rings. The van der Waals surface area contributed by atoms with Crippen LogP contribution in [0, 0.1) is 0 Å². The van der Waals surface area contributed by atoms with E-state index in [0.717, 1.165) is 28.8 Å². The molecule has 0 unspecified atom stereocenters. The van der Waals surface area contributed by atoms with Crippen molar-refractivity contribution in [2.24, 2.45) is 0 Å². The van der Waals surface area contributed by atoms with E-state index in [2.05, 4.69) is 10.6 Å². The highest BCUT2D eigenvalue weighted by Gasteiger charge is 2.29. The van der Waals surface area contributed by atoms with Crippen LogP contribution in [-0.2, 0) is 4.79 Å². The van der Waals surface area contributed by atoms with Gasteiger partial charge in [0.2, 0.25) is 5.91 Å². The minimum Gasteiger partial charge on any atom is -0.504 e. The lowest BCUT2D eigenvalue weighted by Gasteiger charge is -2.13. The molecule has 1 aromatic carbocycles. The number of thioether (sulfide) groups is 1. The van der Waals surface area contributed by atoms with Gasteiger partial charge in [0, 0.05) is 25.2 Å². The molecule has 0 aliphatic carbocycles. The first-order valence-electron chi connectivity index (χ1n) is 6.15. The van der Waals surface area contributed by atoms with E-state index in [1.807, 2.05) is 0 Å². The zero-order valence-electron chi connectivity index (χ0n) is 11.2. The van der Waals surface area contributed by atoms with Crippen molar-refractivity contribution in [3.8, 4) is 17.2 Å². The molecule has 118 valence electrons. The van der Waals surface area contributed by atoms with Gasteiger partial charge in [-0.15, -0.1) is 0 Å². The molecule has 0 atom stereocenters. The Morgan fingerprint density at radius 2 is 1.86 bits per heavy atom. The predicted octanol–water partition coefficient (Wildman–Crippen LogP) is 0.620. The first-order chi connectivity index (χ1) is 10.4. The molecule has 10 heteroatoms. The van der Waals surface area contributed by atoms with Crippen molar-refractivity contribution in [2.45, 2.75) is 0 Å². The molecule has 1 aliphatic heterocycles. The zero-order chi connectivity index (χ0) is 16.3. The molecule has 4 amide bonds. The Hall–Kier alpha value is -2.62. The summed E-state index contributed by atoms with van der Waals surface area (Å²) < 4.78 is 0. The highest BCUT2D eigenvalue weighted by atomic mass is 32.2. The monoisotopic (exact) mass is 327 g/mol. The van der Waals surface area contributed by atoms with Crippen LogP contribution in [-0.4, -0.2) is 56.2 Å². The Labute approximate surface area is 128 Å². The Bertz CT molecular complexity index is 596. The number of hydrogen-bond donors (Lipinski definition) is 5. The van der Waals surface area contributed by atoms with Crippen LogP contribution in [0.25, 0.3) is 0 Å². The third-order valence-electron chi connectivity index (χ3n) is 2.79. The van der Waals surface area contributed by atoms with Gasteiger partial charge >= 0.3 is 6.03 Å². The lowest BCUT2D eigenvalue weighted by atomic mass is 10.2. The molecule has 0 radical (unpaired) electrons. The molecular weight excluding hydrogens is 314 g/mol. The molecule has 0 bridgehead atoms. The first kappa shape index (κ1) is 15.8. The first-order valence-corrected chi connectivity index (χ1v) is 7.14. The van der Waals surface area contributed by atoms with Gasteiger partial charge in [0.25, 0.3) is 5.24 Å². The highest BCUT2D eigenvalue weighted by molar-refractivity contribution is 8.14. The number of phenolic OH excluding ortho intramolecular Hbond substituents is 3. The number of carbonyl (C=O) groups excluding carboxylic acids is 3. The summed E-state index contributed by atoms with van der Waals surface area (Å²) in [6.45, 7) is 0.115. The number of hydrogen-bond acceptors (Lipinski definition) is 7. The average molecular weight is 327 g/mol. The molecule has 1 heterocycles. The molecular formula is C12H13N3O6S. The lowest BCUT2D eigenvalue weighted by molar-refractivity contribution is -0.124. The fourth-order valence-electron chi connectivity index (χ4n) is 1.73. The SMILES string of the molecule is O=C(NCCN1C(=O)CSC1=O)Nc1cc(O)c(O)c(O)c1. The minimum absolute atomic E-state index is 0.0555. The van der Waals surface area contributed by atoms with Gasteiger partial charge in [-0.3, -0.25) is 14.5 Å². The molecule has 22 heavy (non-hydrogen) atoms. The van der Waals surface area contributed by atoms with Crippen LogP contribution in [0.5, 0.6) is 17.2 Å². The molecule has 1 aromatic rings. The quantitative estimate of drug-likeness (QED) is 0.403. The third kappa shape index (κ3) is 3.52. The normalized spacial score (nSPS) is 14.3. The van der Waals surface area contributed by atoms with Gasteiger partial charge in [-0.05, 0) is 0 Å². The van der Waals surface area contributed by atoms with Crippen molar-refractivity contribution in [3.05, 3.63) is 12.1 Å². The summed E-state index contributed by atoms with van der Waals surface area (Å²) in [6, 6.07) is 1.45. The number of nitrogens with zero attached hydrogens (tertiary/aromatic N) is 1. The highest BCUT2D eigenvalue weighted by Crippen LogP contribution is 2.37. The minimum atomic E-state index is -0.686. The van der Waals surface area contributed by atoms with Crippen molar-refractivity contribution in [3.63, 3.8) is 0 Å². The van der Waals surface area contributed by atoms with Crippen molar-refractivity contribution in [1.82, 2.24) is 10.2 Å². The number of phenols is 3. The summed E-state index contributed by atoms with van der Waals surface area (Å²) in [5.74, 6) is -2.04. The fourth-order valence-corrected chi connectivity index (χ4v) is 2.48. The summed E-state index contributed by atoms with van der Waals surface area (Å²) in [5, 5.41) is 32.2.